The molecule has 1 fully saturated rings. The minimum atomic E-state index is -0.247. The summed E-state index contributed by atoms with van der Waals surface area (Å²) in [6.45, 7) is 1.69. The highest BCUT2D eigenvalue weighted by molar-refractivity contribution is 9.09. The molecule has 0 bridgehead atoms. The Morgan fingerprint density at radius 1 is 1.44 bits per heavy atom. The number of alkyl halides is 1. The van der Waals surface area contributed by atoms with E-state index in [1.807, 2.05) is 30.3 Å². The molecule has 3 nitrogen and oxygen atoms in total. The number of halogens is 1. The third-order valence-electron chi connectivity index (χ3n) is 2.97. The third kappa shape index (κ3) is 3.65. The van der Waals surface area contributed by atoms with Gasteiger partial charge in [-0.1, -0.05) is 46.3 Å². The highest BCUT2D eigenvalue weighted by atomic mass is 79.9. The molecule has 0 unspecified atom stereocenters. The number of hydrogen-bond donors (Lipinski definition) is 1. The molecule has 0 N–H and O–H groups in total. The smallest absolute Gasteiger partial charge is 0.410 e. The minimum Gasteiger partial charge on any atom is -0.445 e. The van der Waals surface area contributed by atoms with E-state index >= 15 is 0 Å². The van der Waals surface area contributed by atoms with Gasteiger partial charge in [-0.3, -0.25) is 0 Å². The van der Waals surface area contributed by atoms with E-state index in [0.29, 0.717) is 24.9 Å². The lowest BCUT2D eigenvalue weighted by molar-refractivity contribution is 0.0913. The highest BCUT2D eigenvalue weighted by Crippen LogP contribution is 2.22. The normalized spacial score (nSPS) is 23.8. The molecule has 1 aromatic carbocycles. The van der Waals surface area contributed by atoms with Crippen molar-refractivity contribution in [2.75, 3.05) is 13.1 Å². The molecule has 18 heavy (non-hydrogen) atoms. The van der Waals surface area contributed by atoms with Gasteiger partial charge in [-0.25, -0.2) is 4.79 Å². The maximum Gasteiger partial charge on any atom is 0.410 e. The van der Waals surface area contributed by atoms with Crippen molar-refractivity contribution in [3.63, 3.8) is 0 Å². The number of rotatable bonds is 2. The molecule has 1 aliphatic heterocycles. The van der Waals surface area contributed by atoms with E-state index in [1.54, 1.807) is 4.90 Å². The summed E-state index contributed by atoms with van der Waals surface area (Å²) in [5.74, 6) is 0. The topological polar surface area (TPSA) is 29.5 Å². The zero-order valence-corrected chi connectivity index (χ0v) is 12.4. The summed E-state index contributed by atoms with van der Waals surface area (Å²) in [6, 6.07) is 9.70. The number of piperidine rings is 1. The lowest BCUT2D eigenvalue weighted by atomic mass is 10.1. The third-order valence-corrected chi connectivity index (χ3v) is 4.92. The summed E-state index contributed by atoms with van der Waals surface area (Å²) in [4.78, 5) is 13.8. The lowest BCUT2D eigenvalue weighted by Gasteiger charge is -2.32. The molecule has 2 atom stereocenters. The van der Waals surface area contributed by atoms with Crippen molar-refractivity contribution >= 4 is 34.7 Å². The Balaban J connectivity index is 1.82. The van der Waals surface area contributed by atoms with E-state index in [-0.39, 0.29) is 10.9 Å². The molecule has 5 heteroatoms. The highest BCUT2D eigenvalue weighted by Gasteiger charge is 2.28. The van der Waals surface area contributed by atoms with Crippen LogP contribution in [0.15, 0.2) is 30.3 Å². The second kappa shape index (κ2) is 6.48. The fourth-order valence-corrected chi connectivity index (χ4v) is 2.69. The molecule has 0 saturated carbocycles. The van der Waals surface area contributed by atoms with Crippen LogP contribution in [0.4, 0.5) is 4.79 Å². The van der Waals surface area contributed by atoms with Crippen molar-refractivity contribution in [2.24, 2.45) is 0 Å². The number of likely N-dealkylation sites (tertiary alicyclic amines) is 1. The van der Waals surface area contributed by atoms with Crippen molar-refractivity contribution in [1.82, 2.24) is 4.90 Å². The summed E-state index contributed by atoms with van der Waals surface area (Å²) in [7, 11) is 0. The number of ether oxygens (including phenoxy) is 1. The molecule has 0 spiro atoms. The van der Waals surface area contributed by atoms with Gasteiger partial charge in [0.1, 0.15) is 6.61 Å². The molecular formula is C13H16BrNO2S. The average molecular weight is 330 g/mol. The van der Waals surface area contributed by atoms with E-state index in [4.69, 9.17) is 4.74 Å². The molecule has 0 aliphatic carbocycles. The number of benzene rings is 1. The van der Waals surface area contributed by atoms with Crippen molar-refractivity contribution in [1.29, 1.82) is 0 Å². The first kappa shape index (κ1) is 13.7. The molecule has 0 radical (unpaired) electrons. The summed E-state index contributed by atoms with van der Waals surface area (Å²) < 4.78 is 5.29. The van der Waals surface area contributed by atoms with Gasteiger partial charge in [0.25, 0.3) is 0 Å². The predicted molar refractivity (Wildman–Crippen MR) is 78.3 cm³/mol. The number of carbonyl (C=O) groups is 1. The molecule has 1 heterocycles. The van der Waals surface area contributed by atoms with E-state index in [1.165, 1.54) is 0 Å². The van der Waals surface area contributed by atoms with Crippen LogP contribution in [-0.2, 0) is 11.3 Å². The monoisotopic (exact) mass is 329 g/mol. The van der Waals surface area contributed by atoms with Gasteiger partial charge in [-0.15, -0.1) is 0 Å². The molecule has 1 saturated heterocycles. The average Bonchev–Trinajstić information content (AvgIpc) is 2.40. The van der Waals surface area contributed by atoms with Gasteiger partial charge < -0.3 is 9.64 Å². The van der Waals surface area contributed by atoms with Crippen LogP contribution in [0.5, 0.6) is 0 Å². The van der Waals surface area contributed by atoms with E-state index < -0.39 is 0 Å². The molecule has 2 rings (SSSR count). The standard InChI is InChI=1S/C13H16BrNO2S/c14-11-8-15(7-6-12(11)18)13(16)17-9-10-4-2-1-3-5-10/h1-5,11-12,18H,6-9H2/t11-,12-/m0/s1. The maximum absolute atomic E-state index is 11.9. The quantitative estimate of drug-likeness (QED) is 0.667. The van der Waals surface area contributed by atoms with Crippen LogP contribution >= 0.6 is 28.6 Å². The molecule has 1 amide bonds. The summed E-state index contributed by atoms with van der Waals surface area (Å²) in [6.07, 6.45) is 0.642. The molecule has 1 aromatic rings. The van der Waals surface area contributed by atoms with Crippen molar-refractivity contribution in [2.45, 2.75) is 23.1 Å². The maximum atomic E-state index is 11.9. The van der Waals surface area contributed by atoms with Crippen LogP contribution in [-0.4, -0.2) is 34.2 Å². The van der Waals surface area contributed by atoms with Gasteiger partial charge in [0.2, 0.25) is 0 Å². The van der Waals surface area contributed by atoms with Gasteiger partial charge in [-0.05, 0) is 12.0 Å². The van der Waals surface area contributed by atoms with Crippen LogP contribution in [0.1, 0.15) is 12.0 Å². The minimum absolute atomic E-state index is 0.235. The number of nitrogens with zero attached hydrogens (tertiary/aromatic N) is 1. The molecular weight excluding hydrogens is 314 g/mol. The summed E-state index contributed by atoms with van der Waals surface area (Å²) in [5.41, 5.74) is 1.00. The largest absolute Gasteiger partial charge is 0.445 e. The summed E-state index contributed by atoms with van der Waals surface area (Å²) in [5, 5.41) is 0.308. The van der Waals surface area contributed by atoms with Crippen molar-refractivity contribution in [3.05, 3.63) is 35.9 Å². The van der Waals surface area contributed by atoms with E-state index in [9.17, 15) is 4.79 Å². The van der Waals surface area contributed by atoms with Crippen LogP contribution in [0.3, 0.4) is 0 Å². The zero-order valence-electron chi connectivity index (χ0n) is 9.96. The van der Waals surface area contributed by atoms with Gasteiger partial charge in [0, 0.05) is 23.2 Å². The van der Waals surface area contributed by atoms with E-state index in [2.05, 4.69) is 28.6 Å². The number of carbonyl (C=O) groups excluding carboxylic acids is 1. The van der Waals surface area contributed by atoms with Crippen molar-refractivity contribution in [3.8, 4) is 0 Å². The summed E-state index contributed by atoms with van der Waals surface area (Å²) >= 11 is 7.98. The number of thiol groups is 1. The van der Waals surface area contributed by atoms with Gasteiger partial charge in [-0.2, -0.15) is 12.6 Å². The Labute approximate surface area is 121 Å². The number of amides is 1. The fraction of sp³-hybridized carbons (Fsp3) is 0.462. The Bertz CT molecular complexity index is 401. The Morgan fingerprint density at radius 2 is 2.17 bits per heavy atom. The molecule has 98 valence electrons. The van der Waals surface area contributed by atoms with Gasteiger partial charge in [0.05, 0.1) is 0 Å². The van der Waals surface area contributed by atoms with Gasteiger partial charge in [0.15, 0.2) is 0 Å². The zero-order chi connectivity index (χ0) is 13.0. The van der Waals surface area contributed by atoms with Gasteiger partial charge >= 0.3 is 6.09 Å². The Kier molecular flexibility index (Phi) is 4.95. The molecule has 0 aromatic heterocycles. The van der Waals surface area contributed by atoms with Crippen LogP contribution in [0, 0.1) is 0 Å². The predicted octanol–water partition coefficient (Wildman–Crippen LogP) is 3.09. The Morgan fingerprint density at radius 3 is 2.83 bits per heavy atom. The second-order valence-corrected chi connectivity index (χ2v) is 6.20. The first-order valence-electron chi connectivity index (χ1n) is 5.94. The van der Waals surface area contributed by atoms with Crippen molar-refractivity contribution < 1.29 is 9.53 Å². The van der Waals surface area contributed by atoms with E-state index in [0.717, 1.165) is 12.0 Å². The fourth-order valence-electron chi connectivity index (χ4n) is 1.87. The number of hydrogen-bond acceptors (Lipinski definition) is 3. The Hall–Kier alpha value is -0.680. The van der Waals surface area contributed by atoms with Crippen LogP contribution in [0.25, 0.3) is 0 Å². The lowest BCUT2D eigenvalue weighted by Crippen LogP contribution is -2.45. The SMILES string of the molecule is O=C(OCc1ccccc1)N1CC[C@H](S)[C@@H](Br)C1. The first-order chi connectivity index (χ1) is 8.66. The molecule has 1 aliphatic rings. The first-order valence-corrected chi connectivity index (χ1v) is 7.38. The van der Waals surface area contributed by atoms with Crippen LogP contribution < -0.4 is 0 Å². The second-order valence-electron chi connectivity index (χ2n) is 4.36. The van der Waals surface area contributed by atoms with Crippen LogP contribution in [0.2, 0.25) is 0 Å².